The molecule has 8 nitrogen and oxygen atoms in total. The normalized spacial score (nSPS) is 11.8. The molecule has 0 bridgehead atoms. The first-order valence-corrected chi connectivity index (χ1v) is 16.7. The molecule has 0 fully saturated rings. The summed E-state index contributed by atoms with van der Waals surface area (Å²) in [6.07, 6.45) is 1.78. The average Bonchev–Trinajstić information content (AvgIpc) is 3.06. The molecule has 0 radical (unpaired) electrons. The van der Waals surface area contributed by atoms with Gasteiger partial charge >= 0.3 is 0 Å². The smallest absolute Gasteiger partial charge is 0.264 e. The third-order valence-electron chi connectivity index (χ3n) is 7.40. The fraction of sp³-hybridized carbons (Fsp3) is 0.257. The summed E-state index contributed by atoms with van der Waals surface area (Å²) in [7, 11) is -2.84. The molecule has 0 aromatic heterocycles. The van der Waals surface area contributed by atoms with Crippen molar-refractivity contribution in [2.75, 3.05) is 24.5 Å². The van der Waals surface area contributed by atoms with Gasteiger partial charge in [-0.05, 0) is 60.0 Å². The van der Waals surface area contributed by atoms with Crippen LogP contribution < -0.4 is 14.4 Å². The number of rotatable bonds is 15. The van der Waals surface area contributed by atoms with Gasteiger partial charge in [-0.1, -0.05) is 85.6 Å². The van der Waals surface area contributed by atoms with Gasteiger partial charge in [0.2, 0.25) is 11.8 Å². The van der Waals surface area contributed by atoms with Gasteiger partial charge in [0.15, 0.2) is 0 Å². The molecule has 46 heavy (non-hydrogen) atoms. The summed E-state index contributed by atoms with van der Waals surface area (Å²) in [5.41, 5.74) is 1.52. The van der Waals surface area contributed by atoms with Crippen molar-refractivity contribution >= 4 is 39.1 Å². The zero-order valence-electron chi connectivity index (χ0n) is 25.7. The lowest BCUT2D eigenvalue weighted by atomic mass is 10.0. The largest absolute Gasteiger partial charge is 0.495 e. The quantitative estimate of drug-likeness (QED) is 0.152. The van der Waals surface area contributed by atoms with Gasteiger partial charge in [0.1, 0.15) is 24.2 Å². The van der Waals surface area contributed by atoms with Crippen LogP contribution in [0, 0.1) is 5.82 Å². The minimum Gasteiger partial charge on any atom is -0.495 e. The predicted molar refractivity (Wildman–Crippen MR) is 178 cm³/mol. The summed E-state index contributed by atoms with van der Waals surface area (Å²) in [5, 5.41) is 3.09. The standard InChI is InChI=1S/C35H37ClFN3O5S/c1-3-4-21-38-35(42)32(22-26-11-7-5-8-12-26)39(24-27-15-17-28(37)18-16-27)34(41)25-40(29-19-20-33(45-2)31(36)23-29)46(43,44)30-13-9-6-10-14-30/h5-20,23,32H,3-4,21-22,24-25H2,1-2H3,(H,38,42). The second kappa shape index (κ2) is 16.2. The van der Waals surface area contributed by atoms with Crippen LogP contribution in [-0.4, -0.2) is 51.4 Å². The molecule has 2 amide bonds. The number of nitrogens with one attached hydrogen (secondary N) is 1. The van der Waals surface area contributed by atoms with Gasteiger partial charge in [0, 0.05) is 19.5 Å². The number of carbonyl (C=O) groups is 2. The second-order valence-electron chi connectivity index (χ2n) is 10.6. The topological polar surface area (TPSA) is 96.0 Å². The lowest BCUT2D eigenvalue weighted by Crippen LogP contribution is -2.53. The number of hydrogen-bond donors (Lipinski definition) is 1. The second-order valence-corrected chi connectivity index (χ2v) is 12.9. The van der Waals surface area contributed by atoms with E-state index in [2.05, 4.69) is 5.32 Å². The van der Waals surface area contributed by atoms with Crippen molar-refractivity contribution in [1.82, 2.24) is 10.2 Å². The van der Waals surface area contributed by atoms with E-state index < -0.39 is 34.3 Å². The molecule has 4 rings (SSSR count). The van der Waals surface area contributed by atoms with Crippen LogP contribution in [0.4, 0.5) is 10.1 Å². The molecule has 0 aliphatic heterocycles. The van der Waals surface area contributed by atoms with E-state index in [9.17, 15) is 22.4 Å². The Labute approximate surface area is 274 Å². The highest BCUT2D eigenvalue weighted by atomic mass is 35.5. The summed E-state index contributed by atoms with van der Waals surface area (Å²) >= 11 is 6.41. The highest BCUT2D eigenvalue weighted by Crippen LogP contribution is 2.32. The van der Waals surface area contributed by atoms with Crippen LogP contribution >= 0.6 is 11.6 Å². The van der Waals surface area contributed by atoms with Crippen LogP contribution in [0.5, 0.6) is 5.75 Å². The van der Waals surface area contributed by atoms with Gasteiger partial charge in [-0.15, -0.1) is 0 Å². The number of nitrogens with zero attached hydrogens (tertiary/aromatic N) is 2. The summed E-state index contributed by atoms with van der Waals surface area (Å²) in [6, 6.07) is 26.1. The molecule has 1 atom stereocenters. The predicted octanol–water partition coefficient (Wildman–Crippen LogP) is 6.24. The van der Waals surface area contributed by atoms with Crippen molar-refractivity contribution in [2.45, 2.75) is 43.7 Å². The van der Waals surface area contributed by atoms with Crippen molar-refractivity contribution in [3.63, 3.8) is 0 Å². The maximum absolute atomic E-state index is 14.5. The highest BCUT2D eigenvalue weighted by Gasteiger charge is 2.34. The number of hydrogen-bond acceptors (Lipinski definition) is 5. The molecule has 0 aliphatic rings. The molecule has 0 saturated heterocycles. The molecular weight excluding hydrogens is 629 g/mol. The van der Waals surface area contributed by atoms with E-state index in [1.165, 1.54) is 66.6 Å². The number of halogens is 2. The van der Waals surface area contributed by atoms with Crippen LogP contribution in [0.3, 0.4) is 0 Å². The fourth-order valence-corrected chi connectivity index (χ4v) is 6.58. The Bertz CT molecular complexity index is 1710. The van der Waals surface area contributed by atoms with Crippen LogP contribution in [0.15, 0.2) is 108 Å². The van der Waals surface area contributed by atoms with Crippen molar-refractivity contribution in [1.29, 1.82) is 0 Å². The first-order valence-electron chi connectivity index (χ1n) is 14.9. The van der Waals surface area contributed by atoms with Crippen molar-refractivity contribution < 1.29 is 27.1 Å². The van der Waals surface area contributed by atoms with E-state index in [1.54, 1.807) is 18.2 Å². The summed E-state index contributed by atoms with van der Waals surface area (Å²) < 4.78 is 48.2. The van der Waals surface area contributed by atoms with E-state index >= 15 is 0 Å². The van der Waals surface area contributed by atoms with Crippen LogP contribution in [0.2, 0.25) is 5.02 Å². The molecule has 0 heterocycles. The Morgan fingerprint density at radius 2 is 1.57 bits per heavy atom. The number of amides is 2. The molecule has 4 aromatic rings. The van der Waals surface area contributed by atoms with Gasteiger partial charge < -0.3 is 15.0 Å². The number of anilines is 1. The zero-order chi connectivity index (χ0) is 33.1. The molecule has 1 unspecified atom stereocenters. The molecule has 242 valence electrons. The lowest BCUT2D eigenvalue weighted by Gasteiger charge is -2.34. The van der Waals surface area contributed by atoms with Gasteiger partial charge in [0.25, 0.3) is 10.0 Å². The van der Waals surface area contributed by atoms with Crippen LogP contribution in [-0.2, 0) is 32.6 Å². The fourth-order valence-electron chi connectivity index (χ4n) is 4.91. The minimum atomic E-state index is -4.28. The van der Waals surface area contributed by atoms with Gasteiger partial charge in [-0.3, -0.25) is 13.9 Å². The number of benzene rings is 4. The zero-order valence-corrected chi connectivity index (χ0v) is 27.3. The Kier molecular flexibility index (Phi) is 12.2. The van der Waals surface area contributed by atoms with Crippen molar-refractivity contribution in [3.8, 4) is 5.75 Å². The molecule has 0 saturated carbocycles. The average molecular weight is 666 g/mol. The number of methoxy groups -OCH3 is 1. The maximum atomic E-state index is 14.5. The first-order chi connectivity index (χ1) is 22.1. The SMILES string of the molecule is CCCCNC(=O)C(Cc1ccccc1)N(Cc1ccc(F)cc1)C(=O)CN(c1ccc(OC)c(Cl)c1)S(=O)(=O)c1ccccc1. The Morgan fingerprint density at radius 1 is 0.913 bits per heavy atom. The monoisotopic (exact) mass is 665 g/mol. The first kappa shape index (κ1) is 34.5. The van der Waals surface area contributed by atoms with Gasteiger partial charge in [-0.2, -0.15) is 0 Å². The number of ether oxygens (including phenoxy) is 1. The molecule has 1 N–H and O–H groups in total. The summed E-state index contributed by atoms with van der Waals surface area (Å²) in [6.45, 7) is 1.71. The van der Waals surface area contributed by atoms with E-state index in [4.69, 9.17) is 16.3 Å². The van der Waals surface area contributed by atoms with Crippen LogP contribution in [0.25, 0.3) is 0 Å². The molecule has 4 aromatic carbocycles. The van der Waals surface area contributed by atoms with Gasteiger partial charge in [-0.25, -0.2) is 12.8 Å². The number of unbranched alkanes of at least 4 members (excludes halogenated alkanes) is 1. The summed E-state index contributed by atoms with van der Waals surface area (Å²) in [5.74, 6) is -1.13. The number of sulfonamides is 1. The van der Waals surface area contributed by atoms with Gasteiger partial charge in [0.05, 0.1) is 22.7 Å². The van der Waals surface area contributed by atoms with E-state index in [1.807, 2.05) is 37.3 Å². The lowest BCUT2D eigenvalue weighted by molar-refractivity contribution is -0.140. The third-order valence-corrected chi connectivity index (χ3v) is 9.48. The van der Waals surface area contributed by atoms with Crippen LogP contribution in [0.1, 0.15) is 30.9 Å². The molecular formula is C35H37ClFN3O5S. The molecule has 0 aliphatic carbocycles. The Hall–Kier alpha value is -4.41. The highest BCUT2D eigenvalue weighted by molar-refractivity contribution is 7.92. The van der Waals surface area contributed by atoms with Crippen molar-refractivity contribution in [3.05, 3.63) is 125 Å². The van der Waals surface area contributed by atoms with Crippen molar-refractivity contribution in [2.24, 2.45) is 0 Å². The third kappa shape index (κ3) is 8.86. The van der Waals surface area contributed by atoms with E-state index in [0.29, 0.717) is 17.9 Å². The summed E-state index contributed by atoms with van der Waals surface area (Å²) in [4.78, 5) is 29.6. The minimum absolute atomic E-state index is 0.0297. The maximum Gasteiger partial charge on any atom is 0.264 e. The van der Waals surface area contributed by atoms with E-state index in [0.717, 1.165) is 22.7 Å². The molecule has 11 heteroatoms. The Morgan fingerprint density at radius 3 is 2.17 bits per heavy atom. The van der Waals surface area contributed by atoms with E-state index in [-0.39, 0.29) is 34.5 Å². The molecule has 0 spiro atoms. The Balaban J connectivity index is 1.80. The number of carbonyl (C=O) groups excluding carboxylic acids is 2.